The van der Waals surface area contributed by atoms with Crippen molar-refractivity contribution in [1.29, 1.82) is 0 Å². The molecule has 266 valence electrons. The van der Waals surface area contributed by atoms with Gasteiger partial charge in [-0.3, -0.25) is 13.7 Å². The summed E-state index contributed by atoms with van der Waals surface area (Å²) in [6.07, 6.45) is 0.519. The molecule has 0 aliphatic carbocycles. The molecule has 0 fully saturated rings. The van der Waals surface area contributed by atoms with Gasteiger partial charge in [-0.1, -0.05) is 67.6 Å². The highest BCUT2D eigenvalue weighted by atomic mass is 32.2. The van der Waals surface area contributed by atoms with E-state index in [4.69, 9.17) is 0 Å². The molecule has 0 saturated heterocycles. The molecule has 5 aromatic rings. The number of benzene rings is 5. The van der Waals surface area contributed by atoms with Gasteiger partial charge in [0, 0.05) is 30.4 Å². The van der Waals surface area contributed by atoms with Crippen LogP contribution in [-0.2, 0) is 36.9 Å². The number of phenolic OH excluding ortho intramolecular Hbond substituents is 1. The van der Waals surface area contributed by atoms with Crippen LogP contribution in [0.25, 0.3) is 11.1 Å². The Morgan fingerprint density at radius 1 is 0.608 bits per heavy atom. The van der Waals surface area contributed by atoms with Crippen molar-refractivity contribution in [3.8, 4) is 5.75 Å². The topological polar surface area (TPSA) is 187 Å². The van der Waals surface area contributed by atoms with Crippen molar-refractivity contribution in [3.05, 3.63) is 148 Å². The van der Waals surface area contributed by atoms with Crippen LogP contribution in [0.15, 0.2) is 130 Å². The van der Waals surface area contributed by atoms with Crippen LogP contribution in [0.1, 0.15) is 42.5 Å². The smallest absolute Gasteiger partial charge is 0.295 e. The maximum atomic E-state index is 12.6. The second-order valence-electron chi connectivity index (χ2n) is 11.6. The summed E-state index contributed by atoms with van der Waals surface area (Å²) in [4.78, 5) is 1.03. The molecule has 14 heteroatoms. The average molecular weight is 750 g/mol. The molecule has 0 aliphatic heterocycles. The summed E-state index contributed by atoms with van der Waals surface area (Å²) in [7, 11) is -13.6. The van der Waals surface area contributed by atoms with E-state index in [1.165, 1.54) is 42.5 Å². The normalized spacial score (nSPS) is 12.0. The Bertz CT molecular complexity index is 2540. The summed E-state index contributed by atoms with van der Waals surface area (Å²) >= 11 is 0. The second-order valence-corrected chi connectivity index (χ2v) is 15.9. The maximum Gasteiger partial charge on any atom is 0.295 e. The van der Waals surface area contributed by atoms with Gasteiger partial charge in [0.1, 0.15) is 10.6 Å². The van der Waals surface area contributed by atoms with Gasteiger partial charge < -0.3 is 10.0 Å². The number of phenols is 1. The lowest BCUT2D eigenvalue weighted by molar-refractivity contribution is 0.466. The molecule has 51 heavy (non-hydrogen) atoms. The zero-order chi connectivity index (χ0) is 37.1. The third-order valence-corrected chi connectivity index (χ3v) is 10.9. The van der Waals surface area contributed by atoms with E-state index in [2.05, 4.69) is 0 Å². The fraction of sp³-hybridized carbons (Fsp3) is 0.135. The summed E-state index contributed by atoms with van der Waals surface area (Å²) in [5.74, 6) is -0.359. The molecule has 5 aromatic carbocycles. The van der Waals surface area contributed by atoms with Gasteiger partial charge in [-0.05, 0) is 100 Å². The first-order valence-electron chi connectivity index (χ1n) is 15.6. The first-order valence-corrected chi connectivity index (χ1v) is 20.0. The molecule has 0 radical (unpaired) electrons. The molecule has 0 aromatic heterocycles. The summed E-state index contributed by atoms with van der Waals surface area (Å²) in [6.45, 7) is 4.70. The number of hydrogen-bond acceptors (Lipinski definition) is 8. The predicted octanol–water partition coefficient (Wildman–Crippen LogP) is 5.02. The molecular formula is C37H35NO10S3. The Labute approximate surface area is 296 Å². The van der Waals surface area contributed by atoms with Crippen molar-refractivity contribution in [2.45, 2.75) is 41.5 Å². The second kappa shape index (κ2) is 14.8. The Morgan fingerprint density at radius 3 is 1.76 bits per heavy atom. The van der Waals surface area contributed by atoms with Crippen LogP contribution < -0.4 is 15.3 Å². The Kier molecular flexibility index (Phi) is 10.9. The molecule has 5 rings (SSSR count). The quantitative estimate of drug-likeness (QED) is 0.133. The lowest BCUT2D eigenvalue weighted by Gasteiger charge is -2.24. The largest absolute Gasteiger partial charge is 0.508 e. The van der Waals surface area contributed by atoms with E-state index in [9.17, 15) is 44.0 Å². The third kappa shape index (κ3) is 8.73. The highest BCUT2D eigenvalue weighted by Gasteiger charge is 2.21. The van der Waals surface area contributed by atoms with Gasteiger partial charge in [-0.15, -0.1) is 0 Å². The molecule has 0 saturated carbocycles. The lowest BCUT2D eigenvalue weighted by Crippen LogP contribution is -2.22. The minimum atomic E-state index is -4.79. The van der Waals surface area contributed by atoms with Gasteiger partial charge in [0.05, 0.1) is 9.79 Å². The highest BCUT2D eigenvalue weighted by molar-refractivity contribution is 7.86. The van der Waals surface area contributed by atoms with E-state index in [1.807, 2.05) is 30.9 Å². The molecule has 0 amide bonds. The Balaban J connectivity index is 1.66. The molecule has 0 atom stereocenters. The van der Waals surface area contributed by atoms with Crippen LogP contribution in [0.2, 0.25) is 0 Å². The maximum absolute atomic E-state index is 12.6. The SMILES string of the molecule is CCC(c1cccc(S(=O)(=O)O)c1)=c1ccc(=C(c2ccc(N(CC)Cc3cccc(S(=O)(=O)O)c3)cc2)c2ccc(O)cc2S(=O)(=O)O)cc1. The number of nitrogens with zero attached hydrogens (tertiary/aromatic N) is 1. The standard InChI is InChI=1S/C37H35NO10S3/c1-3-34(29-8-6-10-33(22-29)50(43,44)45)26-11-13-27(14-12-26)37(35-20-19-31(39)23-36(35)51(46,47)48)28-15-17-30(18-16-28)38(4-2)24-25-7-5-9-32(21-25)49(40,41)42/h5-23,39H,3-4,24H2,1-2H3,(H,40,41,42)(H,43,44,45)(H,46,47,48). The van der Waals surface area contributed by atoms with Crippen molar-refractivity contribution < 1.29 is 44.0 Å². The Morgan fingerprint density at radius 2 is 1.20 bits per heavy atom. The van der Waals surface area contributed by atoms with Crippen LogP contribution in [0.5, 0.6) is 5.75 Å². The van der Waals surface area contributed by atoms with Gasteiger partial charge in [-0.2, -0.15) is 25.3 Å². The van der Waals surface area contributed by atoms with Crippen LogP contribution in [0.4, 0.5) is 5.69 Å². The average Bonchev–Trinajstić information content (AvgIpc) is 3.08. The van der Waals surface area contributed by atoms with Gasteiger partial charge in [0.25, 0.3) is 30.4 Å². The van der Waals surface area contributed by atoms with Crippen molar-refractivity contribution in [3.63, 3.8) is 0 Å². The summed E-state index contributed by atoms with van der Waals surface area (Å²) in [5, 5.41) is 11.5. The van der Waals surface area contributed by atoms with E-state index in [0.717, 1.165) is 22.5 Å². The predicted molar refractivity (Wildman–Crippen MR) is 194 cm³/mol. The number of hydrogen-bond donors (Lipinski definition) is 4. The van der Waals surface area contributed by atoms with Crippen LogP contribution in [0, 0.1) is 0 Å². The number of rotatable bonds is 11. The summed E-state index contributed by atoms with van der Waals surface area (Å²) in [5.41, 5.74) is 3.94. The molecular weight excluding hydrogens is 715 g/mol. The van der Waals surface area contributed by atoms with Crippen LogP contribution >= 0.6 is 0 Å². The molecule has 4 N–H and O–H groups in total. The Hall–Kier alpha value is -4.83. The first kappa shape index (κ1) is 37.4. The lowest BCUT2D eigenvalue weighted by atomic mass is 9.94. The van der Waals surface area contributed by atoms with Crippen LogP contribution in [0.3, 0.4) is 0 Å². The molecule has 0 bridgehead atoms. The van der Waals surface area contributed by atoms with Crippen molar-refractivity contribution in [2.75, 3.05) is 11.4 Å². The van der Waals surface area contributed by atoms with Crippen LogP contribution in [-0.4, -0.2) is 50.6 Å². The van der Waals surface area contributed by atoms with Gasteiger partial charge in [-0.25, -0.2) is 0 Å². The van der Waals surface area contributed by atoms with E-state index >= 15 is 0 Å². The van der Waals surface area contributed by atoms with Gasteiger partial charge in [0.15, 0.2) is 0 Å². The van der Waals surface area contributed by atoms with Crippen molar-refractivity contribution >= 4 is 47.2 Å². The molecule has 0 spiro atoms. The number of aromatic hydroxyl groups is 1. The summed E-state index contributed by atoms with van der Waals surface area (Å²) in [6, 6.07) is 30.0. The monoisotopic (exact) mass is 749 g/mol. The fourth-order valence-electron chi connectivity index (χ4n) is 5.92. The minimum Gasteiger partial charge on any atom is -0.508 e. The fourth-order valence-corrected chi connectivity index (χ4v) is 7.71. The highest BCUT2D eigenvalue weighted by Crippen LogP contribution is 2.31. The van der Waals surface area contributed by atoms with E-state index in [0.29, 0.717) is 47.0 Å². The molecule has 0 heterocycles. The molecule has 11 nitrogen and oxygen atoms in total. The zero-order valence-electron chi connectivity index (χ0n) is 27.5. The third-order valence-electron chi connectivity index (χ3n) is 8.34. The minimum absolute atomic E-state index is 0.130. The molecule has 0 aliphatic rings. The summed E-state index contributed by atoms with van der Waals surface area (Å²) < 4.78 is 101. The van der Waals surface area contributed by atoms with E-state index in [-0.39, 0.29) is 21.1 Å². The van der Waals surface area contributed by atoms with Gasteiger partial charge >= 0.3 is 0 Å². The van der Waals surface area contributed by atoms with E-state index < -0.39 is 35.2 Å². The number of anilines is 1. The van der Waals surface area contributed by atoms with Gasteiger partial charge in [0.2, 0.25) is 0 Å². The first-order chi connectivity index (χ1) is 24.0. The van der Waals surface area contributed by atoms with Crippen molar-refractivity contribution in [1.82, 2.24) is 0 Å². The molecule has 0 unspecified atom stereocenters. The zero-order valence-corrected chi connectivity index (χ0v) is 30.0. The van der Waals surface area contributed by atoms with Crippen molar-refractivity contribution in [2.24, 2.45) is 0 Å². The van der Waals surface area contributed by atoms with E-state index in [1.54, 1.807) is 54.6 Å².